The summed E-state index contributed by atoms with van der Waals surface area (Å²) in [6.45, 7) is 0. The Morgan fingerprint density at radius 1 is 0.0625 bits per heavy atom. The normalized spacial score (nSPS) is 164. The van der Waals surface area contributed by atoms with Crippen LogP contribution in [-0.4, -0.2) is 0 Å². The van der Waals surface area contributed by atoms with Crippen LogP contribution in [0.5, 0.6) is 0 Å². The zero-order chi connectivity index (χ0) is 75.9. The van der Waals surface area contributed by atoms with E-state index in [1.165, 1.54) is 562 Å². The fraction of sp³-hybridized carbons (Fsp3) is 1.00. The molecule has 121 fully saturated rings. The van der Waals surface area contributed by atoms with Crippen molar-refractivity contribution in [2.45, 2.75) is 25.7 Å². The molecular weight excluding hydrogens is 1730 g/mol. The summed E-state index contributed by atoms with van der Waals surface area (Å²) >= 11 is 0. The van der Waals surface area contributed by atoms with Gasteiger partial charge in [0.1, 0.15) is 0 Å². The van der Waals surface area contributed by atoms with Crippen LogP contribution in [0, 0.1) is 778 Å². The van der Waals surface area contributed by atoms with E-state index >= 15 is 0 Å². The Hall–Kier alpha value is 0. The van der Waals surface area contributed by atoms with E-state index in [1.807, 2.05) is 25.7 Å². The molecule has 100 spiro atoms. The molecule has 144 heavy (non-hydrogen) atoms. The Morgan fingerprint density at radius 2 is 0.132 bits per heavy atom. The maximum Gasteiger partial charge on any atom is -0.00000000322 e. The van der Waals surface area contributed by atoms with Crippen molar-refractivity contribution in [3.05, 3.63) is 314 Å². The van der Waals surface area contributed by atoms with Gasteiger partial charge < -0.3 is 0 Å². The van der Waals surface area contributed by atoms with Crippen LogP contribution in [0.1, 0.15) is 25.7 Å². The van der Waals surface area contributed by atoms with Gasteiger partial charge in [0, 0.05) is 0 Å². The number of rotatable bonds is 0. The monoisotopic (exact) mass is 1780 g/mol. The van der Waals surface area contributed by atoms with Crippen LogP contribution in [-0.2, 0) is 0 Å². The highest BCUT2D eigenvalue weighted by Crippen LogP contribution is 4.05. The van der Waals surface area contributed by atoms with Crippen molar-refractivity contribution >= 4 is 0 Å². The van der Waals surface area contributed by atoms with Crippen molar-refractivity contribution in [2.75, 3.05) is 0 Å². The van der Waals surface area contributed by atoms with Crippen LogP contribution in [0.2, 0.25) is 0 Å². The molecule has 0 aromatic carbocycles. The molecule has 624 valence electrons. The minimum atomic E-state index is 1.12. The van der Waals surface area contributed by atoms with Gasteiger partial charge in [-0.3, -0.25) is 0 Å². The fourth-order valence-electron chi connectivity index (χ4n) is 192. The first-order valence-electron chi connectivity index (χ1n) is 71.8. The lowest BCUT2D eigenvalue weighted by atomic mass is 8.13. The van der Waals surface area contributed by atoms with Gasteiger partial charge in [-0.15, -0.1) is 0 Å². The molecule has 0 aromatic rings. The van der Waals surface area contributed by atoms with Crippen molar-refractivity contribution < 1.29 is 0 Å². The smallest absolute Gasteiger partial charge is 0.00000000322 e. The van der Waals surface area contributed by atoms with Gasteiger partial charge in [-0.25, -0.2) is 0 Å². The van der Waals surface area contributed by atoms with Gasteiger partial charge >= 0.3 is 0 Å². The third-order valence-electron chi connectivity index (χ3n) is 142. The number of hydrogen-bond donors (Lipinski definition) is 0. The Balaban J connectivity index is 0.519. The van der Waals surface area contributed by atoms with E-state index < -0.39 is 0 Å². The van der Waals surface area contributed by atoms with Gasteiger partial charge in [0.15, 0.2) is 0 Å². The molecule has 0 aliphatic heterocycles. The molecule has 133 unspecified atom stereocenters. The zero-order valence-electron chi connectivity index (χ0n) is 75.9. The Labute approximate surface area is 797 Å². The van der Waals surface area contributed by atoms with Gasteiger partial charge in [-0.05, 0) is 804 Å². The summed E-state index contributed by atoms with van der Waals surface area (Å²) in [5.41, 5.74) is 117. The average molecular weight is 1780 g/mol. The first-order chi connectivity index (χ1) is 71.8. The van der Waals surface area contributed by atoms with Gasteiger partial charge in [0.2, 0.25) is 0 Å². The van der Waals surface area contributed by atoms with Gasteiger partial charge in [-0.2, -0.15) is 0 Å². The Bertz CT molecular complexity index is 11500. The molecule has 121 aliphatic rings. The average Bonchev–Trinajstić information content (AvgIpc) is 0.381. The molecule has 0 heteroatoms. The van der Waals surface area contributed by atoms with Crippen molar-refractivity contribution in [3.8, 4) is 0 Å². The summed E-state index contributed by atoms with van der Waals surface area (Å²) in [6, 6.07) is 0. The minimum Gasteiger partial charge on any atom is -0.0458 e. The van der Waals surface area contributed by atoms with E-state index in [0.717, 1.165) is 217 Å². The first-order valence-corrected chi connectivity index (χ1v) is 71.8. The second-order valence-electron chi connectivity index (χ2n) is 100.0. The molecule has 0 nitrogen and oxygen atoms in total. The molecule has 121 saturated carbocycles. The zero-order valence-corrected chi connectivity index (χ0v) is 75.9. The lowest BCUT2D eigenvalue weighted by Crippen LogP contribution is -3.82. The van der Waals surface area contributed by atoms with Gasteiger partial charge in [0.25, 0.3) is 0 Å². The van der Waals surface area contributed by atoms with Crippen LogP contribution < -0.4 is 0 Å². The third-order valence-corrected chi connectivity index (χ3v) is 142. The van der Waals surface area contributed by atoms with Crippen molar-refractivity contribution in [2.24, 2.45) is 464 Å². The maximum absolute atomic E-state index is 1.99. The molecule has 121 aliphatic carbocycles. The summed E-state index contributed by atoms with van der Waals surface area (Å²) in [7, 11) is 0. The van der Waals surface area contributed by atoms with Crippen molar-refractivity contribution in [1.29, 1.82) is 0 Å². The highest BCUT2D eigenvalue weighted by Gasteiger charge is 3.99. The predicted octanol–water partition coefficient (Wildman–Crippen LogP) is 11.2. The van der Waals surface area contributed by atoms with E-state index in [4.69, 9.17) is 0 Å². The Morgan fingerprint density at radius 3 is 0.236 bits per heavy atom. The van der Waals surface area contributed by atoms with E-state index in [2.05, 4.69) is 0 Å². The number of hydrogen-bond acceptors (Lipinski definition) is 0. The molecule has 0 bridgehead atoms. The molecule has 0 heterocycles. The predicted molar refractivity (Wildman–Crippen MR) is 448 cm³/mol. The van der Waals surface area contributed by atoms with Crippen LogP contribution in [0.25, 0.3) is 0 Å². The summed E-state index contributed by atoms with van der Waals surface area (Å²) < 4.78 is 0. The second-order valence-corrected chi connectivity index (χ2v) is 100.0. The van der Waals surface area contributed by atoms with E-state index in [0.29, 0.717) is 0 Å². The fourth-order valence-corrected chi connectivity index (χ4v) is 192. The summed E-state index contributed by atoms with van der Waals surface area (Å²) in [5, 5.41) is 0. The molecule has 0 aromatic heterocycles. The largest absolute Gasteiger partial charge is 0.0458 e. The van der Waals surface area contributed by atoms with Crippen molar-refractivity contribution in [3.63, 3.8) is 0 Å². The topological polar surface area (TPSA) is 0 Å². The van der Waals surface area contributed by atoms with Gasteiger partial charge in [-0.1, -0.05) is 0 Å². The molecule has 0 amide bonds. The SMILES string of the molecule is C1C2C3C4C5C6C7C8C9C%10C%11CC%12C%13C%14C%15C%16C%17C%18C%19C%20C%21CC%22C%23C%24C%25C%26C%27C%28C%29C%30[C@H]%31CC%32C%33C%34C%35C%36C%37C%38C%39C%40C1C21C32C43C54C65C76C87C98C%109C%11%12C%13%10C9%11C89C78C67C56C45C34C23C%401C%391C%382C%37%12C%36%13C%35%36C%34%35C%33%34C%32%31C%30%31C%29%30C%28%29C%27%28C%26%27C%25%26C%24%25C%23%24C%21%22C%20%21C%19%20C%18%19C%17%18C%16%17C%16%22C%18%23C%19%18C%20%19C%21%24C%25%20C%26%21C%24%25C%19%20C%18%19C%24%18C%20%24C%25%26C%27%21C%28%21C%26%25C%20%26C%20%27C%28%32C%33%37C6(C56C45C13C21C%122C%133C%364C%12%13C3%36C23C15C6%33C3%28C%36%20C%26%12C%251C%132C%354C%34%31[C@@]%302[C@]%29%211)C71C%372C%323C%27%24[C@@]%184C%19%23[C@@]%165C67C2(C81C96[C@@]%111C%227C%15%17[C@]%14%101)C345. The minimum absolute atomic E-state index is 1.12. The molecule has 121 rings (SSSR count). The number of fused-ring (bicyclic) bond motifs is 36. The Kier molecular flexibility index (Phi) is 1.61. The highest BCUT2D eigenvalue weighted by atomic mass is 16.0. The quantitative estimate of drug-likeness (QED) is 0.227. The van der Waals surface area contributed by atoms with Crippen LogP contribution in [0.4, 0.5) is 0 Å². The van der Waals surface area contributed by atoms with E-state index in [1.54, 1.807) is 0 Å². The standard InChI is InChI=1S/C144H48/c1-5-13-21-29-37-39-31-23-15-7-2-9-17-25-33-41-43-35-27-19-11-4-12-20-28-36-44-42-34-26-18-10-3-8-16-24-32-40-38-30-22-14-6(1)45(5)49(13)57(21)65(29)73(37)75(39)67(31)59(23)51(15)46(7,9)53(17)61(25)69(33)77(41)79(43)71(35)63(27)55(19)48(11,12)56(20)64(28)72(36)80(44)78(42)70(34)62(26)54(18)47(8,10)52(16)60(24)68(32)76(40)74(38)66(30)58(22)50(14,45)81(49)85(57)93(65)101(73)103(75)95(67)87(59)82(51,53)89(61)97(69)105(77)107(79)99(71)91(63)84(55,56)92(64)100(72)108(80)106(78)98(70)90(62)83(52,54)88(60)96(68)104(76)102(74)94(66)86(58,81)109(85)113(93)121(101)123(103)115(95)110(87,89)117(97)125(105)127(107)119(99)112(91,92)120(100)128(108)126(106)118(98)111(88,90)116(96)124(104)122(102)114(94,109)129(113)133(121)135(123)130(115,117)137(125)139(127)132(119,120)140(128)138(126)131(116,118)136(124)134(122,129)141(133)142(135,137)144(139,140)143(136,138)141/h5-44H,1-4H2/t5-,6?,7?,8?,9?,10?,11?,12?,13?,14?,15?,16?,17?,18?,19?,20?,21?,22?,23?,24?,25?,26?,27?,28?,29?,30?,31?,32?,33?,34?,35?,36?,37?,38?,39?,40?,41?,42?,43?,44?,45?,46?,47?,48?,49?,50?,51?,52?,53?,54?,55?,56?,57?,58?,59?,60?,61?,62?,63+,64?,65?,66?,67?,68?,69?,70?,71?,72?,73?,74?,75?,76?,77?,78?,79?,80?,81?,82?,83?,84?,85-,86?,87?,88?,89?,90?,91-,92?,93-,94?,95?,96?,97?,98?,99?,100?,101?,102?,103?,104?,105?,106?,107?,108?,109?,110?,111?,112?,113?,114?,115?,116?,117?,118?,119?,120?,121?,122?,123?,124?,125?,126?,127+,128?,129?,130?,131?,132?,133?,134?,135?,136?,137+,138?,139?,140?,141?,142?,143?,144?/m1/s1. The third kappa shape index (κ3) is 0.692. The lowest BCUT2D eigenvalue weighted by Gasteiger charge is -3.88. The van der Waals surface area contributed by atoms with Gasteiger partial charge in [0.05, 0.1) is 0 Å². The first kappa shape index (κ1) is 42.2. The van der Waals surface area contributed by atoms with Crippen LogP contribution >= 0.6 is 0 Å². The molecule has 0 N–H and O–H groups in total. The molecule has 140 atom stereocenters. The van der Waals surface area contributed by atoms with Crippen LogP contribution in [0.15, 0.2) is 0 Å². The highest BCUT2D eigenvalue weighted by molar-refractivity contribution is 7.12. The van der Waals surface area contributed by atoms with E-state index in [9.17, 15) is 0 Å². The molecule has 0 saturated heterocycles. The lowest BCUT2D eigenvalue weighted by molar-refractivity contribution is -1.11. The molecule has 0 radical (unpaired) electrons. The van der Waals surface area contributed by atoms with Crippen molar-refractivity contribution in [1.82, 2.24) is 0 Å². The molecular formula is C144H48. The second kappa shape index (κ2) is 5.50. The summed E-state index contributed by atoms with van der Waals surface area (Å²) in [5.74, 6) is 59.3. The van der Waals surface area contributed by atoms with E-state index in [-0.39, 0.29) is 0 Å². The summed E-state index contributed by atoms with van der Waals surface area (Å²) in [6.07, 6.45) is 7.96. The van der Waals surface area contributed by atoms with Crippen LogP contribution in [0.3, 0.4) is 0 Å². The maximum atomic E-state index is 1.99. The summed E-state index contributed by atoms with van der Waals surface area (Å²) in [4.78, 5) is 0.